The van der Waals surface area contributed by atoms with E-state index >= 15 is 0 Å². The lowest BCUT2D eigenvalue weighted by atomic mass is 9.89. The second-order valence-corrected chi connectivity index (χ2v) is 10.2. The molecule has 1 N–H and O–H groups in total. The van der Waals surface area contributed by atoms with Gasteiger partial charge in [0.15, 0.2) is 0 Å². The zero-order valence-corrected chi connectivity index (χ0v) is 18.7. The Morgan fingerprint density at radius 2 is 1.50 bits per heavy atom. The molecule has 30 heavy (non-hydrogen) atoms. The Balaban J connectivity index is 1.56. The van der Waals surface area contributed by atoms with Gasteiger partial charge in [0.05, 0.1) is 18.6 Å². The molecule has 1 aromatic carbocycles. The van der Waals surface area contributed by atoms with Crippen LogP contribution in [0.5, 0.6) is 0 Å². The molecule has 0 bridgehead atoms. The maximum absolute atomic E-state index is 11.3. The smallest absolute Gasteiger partial charge is 0.305 e. The minimum Gasteiger partial charge on any atom is -0.481 e. The number of carboxylic acids is 1. The van der Waals surface area contributed by atoms with E-state index in [2.05, 4.69) is 17.0 Å². The third-order valence-corrected chi connectivity index (χ3v) is 7.73. The lowest BCUT2D eigenvalue weighted by molar-refractivity contribution is -0.148. The van der Waals surface area contributed by atoms with Crippen molar-refractivity contribution in [2.24, 2.45) is 11.8 Å². The summed E-state index contributed by atoms with van der Waals surface area (Å²) in [7, 11) is 0. The van der Waals surface area contributed by atoms with E-state index in [1.165, 1.54) is 51.4 Å². The van der Waals surface area contributed by atoms with Crippen molar-refractivity contribution < 1.29 is 14.6 Å². The molecule has 1 aliphatic heterocycles. The van der Waals surface area contributed by atoms with Gasteiger partial charge in [-0.15, -0.1) is 0 Å². The van der Waals surface area contributed by atoms with E-state index < -0.39 is 5.97 Å². The molecule has 2 saturated carbocycles. The third kappa shape index (κ3) is 5.77. The van der Waals surface area contributed by atoms with Crippen LogP contribution in [0.15, 0.2) is 24.3 Å². The summed E-state index contributed by atoms with van der Waals surface area (Å²) in [5, 5.41) is 10.0. The Morgan fingerprint density at radius 3 is 2.03 bits per heavy atom. The number of nitrogens with zero attached hydrogens (tertiary/aromatic N) is 1. The summed E-state index contributed by atoms with van der Waals surface area (Å²) in [5.74, 6) is 0.824. The number of aliphatic carboxylic acids is 1. The fourth-order valence-electron chi connectivity index (χ4n) is 5.94. The predicted octanol–water partition coefficient (Wildman–Crippen LogP) is 6.09. The van der Waals surface area contributed by atoms with Gasteiger partial charge >= 0.3 is 5.97 Å². The normalized spacial score (nSPS) is 28.4. The van der Waals surface area contributed by atoms with E-state index in [0.717, 1.165) is 48.4 Å². The quantitative estimate of drug-likeness (QED) is 0.539. The van der Waals surface area contributed by atoms with E-state index in [9.17, 15) is 9.90 Å². The standard InChI is InChI=1S/C25H36ClNO3/c26-21-11-9-20(10-12-21)25-23(14-13-22(30-25)15-24(28)29)27(16-18-5-1-2-6-18)17-19-7-3-4-8-19/h9-12,18-19,22-23,25H,1-8,13-17H2,(H,28,29)/t22-,23+,25-/m0/s1. The summed E-state index contributed by atoms with van der Waals surface area (Å²) in [5.41, 5.74) is 1.13. The fourth-order valence-corrected chi connectivity index (χ4v) is 6.07. The molecule has 2 aliphatic carbocycles. The SMILES string of the molecule is O=C(O)C[C@@H]1CC[C@@H](N(CC2CCCC2)CC2CCCC2)[C@H](c2ccc(Cl)cc2)O1. The van der Waals surface area contributed by atoms with Crippen LogP contribution in [0.4, 0.5) is 0 Å². The number of benzene rings is 1. The van der Waals surface area contributed by atoms with Crippen molar-refractivity contribution in [3.63, 3.8) is 0 Å². The highest BCUT2D eigenvalue weighted by Crippen LogP contribution is 2.39. The van der Waals surface area contributed by atoms with Gasteiger partial charge in [-0.05, 0) is 68.1 Å². The van der Waals surface area contributed by atoms with E-state index in [-0.39, 0.29) is 18.6 Å². The van der Waals surface area contributed by atoms with Crippen LogP contribution in [0.1, 0.15) is 82.3 Å². The van der Waals surface area contributed by atoms with E-state index in [4.69, 9.17) is 16.3 Å². The summed E-state index contributed by atoms with van der Waals surface area (Å²) < 4.78 is 6.48. The summed E-state index contributed by atoms with van der Waals surface area (Å²) in [6.07, 6.45) is 12.5. The monoisotopic (exact) mass is 433 g/mol. The molecular formula is C25H36ClNO3. The number of carbonyl (C=O) groups is 1. The van der Waals surface area contributed by atoms with Gasteiger partial charge in [0.25, 0.3) is 0 Å². The molecule has 3 atom stereocenters. The van der Waals surface area contributed by atoms with Gasteiger partial charge in [-0.3, -0.25) is 9.69 Å². The first-order valence-electron chi connectivity index (χ1n) is 11.9. The zero-order chi connectivity index (χ0) is 20.9. The predicted molar refractivity (Wildman–Crippen MR) is 120 cm³/mol. The first-order chi connectivity index (χ1) is 14.6. The lowest BCUT2D eigenvalue weighted by Crippen LogP contribution is -2.48. The number of hydrogen-bond donors (Lipinski definition) is 1. The highest BCUT2D eigenvalue weighted by atomic mass is 35.5. The molecular weight excluding hydrogens is 398 g/mol. The minimum atomic E-state index is -0.776. The highest BCUT2D eigenvalue weighted by Gasteiger charge is 2.38. The first kappa shape index (κ1) is 22.1. The van der Waals surface area contributed by atoms with Crippen LogP contribution >= 0.6 is 11.6 Å². The third-order valence-electron chi connectivity index (χ3n) is 7.48. The number of ether oxygens (including phenoxy) is 1. The molecule has 3 aliphatic rings. The van der Waals surface area contributed by atoms with Gasteiger partial charge in [-0.2, -0.15) is 0 Å². The average Bonchev–Trinajstić information content (AvgIpc) is 3.42. The minimum absolute atomic E-state index is 0.0804. The van der Waals surface area contributed by atoms with Gasteiger partial charge in [0, 0.05) is 24.2 Å². The molecule has 0 unspecified atom stereocenters. The Morgan fingerprint density at radius 1 is 0.933 bits per heavy atom. The Labute approximate surface area is 185 Å². The first-order valence-corrected chi connectivity index (χ1v) is 12.3. The van der Waals surface area contributed by atoms with Crippen LogP contribution in [0.25, 0.3) is 0 Å². The summed E-state index contributed by atoms with van der Waals surface area (Å²) in [6, 6.07) is 8.29. The van der Waals surface area contributed by atoms with Crippen LogP contribution in [0.2, 0.25) is 5.02 Å². The van der Waals surface area contributed by atoms with Crippen LogP contribution in [-0.4, -0.2) is 41.2 Å². The van der Waals surface area contributed by atoms with Crippen molar-refractivity contribution >= 4 is 17.6 Å². The molecule has 3 fully saturated rings. The molecule has 0 amide bonds. The topological polar surface area (TPSA) is 49.8 Å². The van der Waals surface area contributed by atoms with Crippen LogP contribution in [0.3, 0.4) is 0 Å². The molecule has 4 rings (SSSR count). The second kappa shape index (κ2) is 10.5. The van der Waals surface area contributed by atoms with E-state index in [0.29, 0.717) is 6.04 Å². The van der Waals surface area contributed by atoms with Crippen molar-refractivity contribution in [3.05, 3.63) is 34.9 Å². The molecule has 166 valence electrons. The van der Waals surface area contributed by atoms with Crippen molar-refractivity contribution in [3.8, 4) is 0 Å². The molecule has 1 saturated heterocycles. The molecule has 0 spiro atoms. The van der Waals surface area contributed by atoms with E-state index in [1.54, 1.807) is 0 Å². The molecule has 0 aromatic heterocycles. The van der Waals surface area contributed by atoms with Gasteiger partial charge in [0.1, 0.15) is 0 Å². The van der Waals surface area contributed by atoms with Crippen molar-refractivity contribution in [2.45, 2.75) is 88.9 Å². The van der Waals surface area contributed by atoms with E-state index in [1.807, 2.05) is 12.1 Å². The zero-order valence-electron chi connectivity index (χ0n) is 18.0. The van der Waals surface area contributed by atoms with Crippen molar-refractivity contribution in [1.29, 1.82) is 0 Å². The fraction of sp³-hybridized carbons (Fsp3) is 0.720. The maximum Gasteiger partial charge on any atom is 0.305 e. The highest BCUT2D eigenvalue weighted by molar-refractivity contribution is 6.30. The largest absolute Gasteiger partial charge is 0.481 e. The van der Waals surface area contributed by atoms with Gasteiger partial charge in [-0.25, -0.2) is 0 Å². The number of hydrogen-bond acceptors (Lipinski definition) is 3. The summed E-state index contributed by atoms with van der Waals surface area (Å²) >= 11 is 6.14. The van der Waals surface area contributed by atoms with Gasteiger partial charge in [-0.1, -0.05) is 49.4 Å². The summed E-state index contributed by atoms with van der Waals surface area (Å²) in [4.78, 5) is 14.1. The van der Waals surface area contributed by atoms with Crippen LogP contribution in [0, 0.1) is 11.8 Å². The van der Waals surface area contributed by atoms with Crippen molar-refractivity contribution in [2.75, 3.05) is 13.1 Å². The van der Waals surface area contributed by atoms with Gasteiger partial charge < -0.3 is 9.84 Å². The van der Waals surface area contributed by atoms with Crippen molar-refractivity contribution in [1.82, 2.24) is 4.90 Å². The molecule has 1 heterocycles. The molecule has 0 radical (unpaired) electrons. The summed E-state index contributed by atoms with van der Waals surface area (Å²) in [6.45, 7) is 2.33. The number of rotatable bonds is 8. The molecule has 1 aromatic rings. The Kier molecular flexibility index (Phi) is 7.72. The Hall–Kier alpha value is -1.10. The number of halogens is 1. The van der Waals surface area contributed by atoms with Gasteiger partial charge in [0.2, 0.25) is 0 Å². The lowest BCUT2D eigenvalue weighted by Gasteiger charge is -2.44. The maximum atomic E-state index is 11.3. The second-order valence-electron chi connectivity index (χ2n) is 9.73. The number of carboxylic acid groups (broad SMARTS) is 1. The Bertz CT molecular complexity index is 664. The molecule has 5 heteroatoms. The average molecular weight is 434 g/mol. The van der Waals surface area contributed by atoms with Crippen LogP contribution in [-0.2, 0) is 9.53 Å². The van der Waals surface area contributed by atoms with Crippen LogP contribution < -0.4 is 0 Å². The molecule has 4 nitrogen and oxygen atoms in total.